The van der Waals surface area contributed by atoms with Gasteiger partial charge in [-0.3, -0.25) is 4.79 Å². The van der Waals surface area contributed by atoms with Gasteiger partial charge in [0.05, 0.1) is 6.61 Å². The van der Waals surface area contributed by atoms with Gasteiger partial charge in [0.1, 0.15) is 16.7 Å². The summed E-state index contributed by atoms with van der Waals surface area (Å²) in [5, 5.41) is 9.45. The molecule has 2 unspecified atom stereocenters. The lowest BCUT2D eigenvalue weighted by Gasteiger charge is -2.36. The smallest absolute Gasteiger partial charge is 0.322 e. The second-order valence-electron chi connectivity index (χ2n) is 5.86. The van der Waals surface area contributed by atoms with E-state index in [4.69, 9.17) is 4.74 Å². The number of benzene rings is 1. The van der Waals surface area contributed by atoms with Crippen LogP contribution < -0.4 is 4.74 Å². The molecule has 1 N–H and O–H groups in total. The van der Waals surface area contributed by atoms with Gasteiger partial charge in [-0.1, -0.05) is 19.1 Å². The molecule has 1 aromatic carbocycles. The van der Waals surface area contributed by atoms with E-state index in [0.29, 0.717) is 31.6 Å². The molecule has 120 valence electrons. The molecule has 22 heavy (non-hydrogen) atoms. The van der Waals surface area contributed by atoms with Crippen molar-refractivity contribution in [2.75, 3.05) is 13.2 Å². The van der Waals surface area contributed by atoms with Crippen molar-refractivity contribution in [3.63, 3.8) is 0 Å². The van der Waals surface area contributed by atoms with Crippen molar-refractivity contribution < 1.29 is 23.1 Å². The van der Waals surface area contributed by atoms with Crippen LogP contribution in [-0.4, -0.2) is 43.0 Å². The van der Waals surface area contributed by atoms with Gasteiger partial charge in [-0.2, -0.15) is 4.31 Å². The fourth-order valence-corrected chi connectivity index (χ4v) is 5.19. The number of hydrogen-bond donors (Lipinski definition) is 1. The molecule has 2 aliphatic heterocycles. The molecule has 0 amide bonds. The van der Waals surface area contributed by atoms with E-state index in [9.17, 15) is 18.3 Å². The Balaban J connectivity index is 2.06. The topological polar surface area (TPSA) is 83.9 Å². The summed E-state index contributed by atoms with van der Waals surface area (Å²) >= 11 is 0. The Morgan fingerprint density at radius 3 is 2.91 bits per heavy atom. The Morgan fingerprint density at radius 2 is 2.18 bits per heavy atom. The minimum absolute atomic E-state index is 0.0860. The summed E-state index contributed by atoms with van der Waals surface area (Å²) in [6.45, 7) is 2.47. The fraction of sp³-hybridized carbons (Fsp3) is 0.533. The maximum atomic E-state index is 13.0. The number of hydrogen-bond acceptors (Lipinski definition) is 4. The second-order valence-corrected chi connectivity index (χ2v) is 7.72. The maximum Gasteiger partial charge on any atom is 0.322 e. The molecular weight excluding hydrogens is 306 g/mol. The highest BCUT2D eigenvalue weighted by atomic mass is 32.2. The molecule has 0 bridgehead atoms. The second kappa shape index (κ2) is 5.55. The molecule has 6 nitrogen and oxygen atoms in total. The van der Waals surface area contributed by atoms with E-state index in [1.165, 1.54) is 6.07 Å². The van der Waals surface area contributed by atoms with Crippen molar-refractivity contribution in [1.29, 1.82) is 0 Å². The van der Waals surface area contributed by atoms with Crippen LogP contribution in [0, 0.1) is 5.92 Å². The third-order valence-electron chi connectivity index (χ3n) is 4.41. The largest absolute Gasteiger partial charge is 0.492 e. The van der Waals surface area contributed by atoms with Crippen molar-refractivity contribution >= 4 is 16.0 Å². The van der Waals surface area contributed by atoms with Gasteiger partial charge in [0.2, 0.25) is 10.0 Å². The molecule has 0 aromatic heterocycles. The van der Waals surface area contributed by atoms with Gasteiger partial charge in [-0.15, -0.1) is 0 Å². The van der Waals surface area contributed by atoms with Gasteiger partial charge in [-0.25, -0.2) is 8.42 Å². The summed E-state index contributed by atoms with van der Waals surface area (Å²) in [5.41, 5.74) is 0.859. The van der Waals surface area contributed by atoms with Crippen LogP contribution in [0.15, 0.2) is 23.1 Å². The quantitative estimate of drug-likeness (QED) is 0.910. The van der Waals surface area contributed by atoms with Crippen LogP contribution in [0.3, 0.4) is 0 Å². The highest BCUT2D eigenvalue weighted by Crippen LogP contribution is 2.37. The number of fused-ring (bicyclic) bond motifs is 1. The van der Waals surface area contributed by atoms with Gasteiger partial charge < -0.3 is 9.84 Å². The Bertz CT molecular complexity index is 700. The number of aliphatic carboxylic acids is 1. The van der Waals surface area contributed by atoms with Crippen LogP contribution >= 0.6 is 0 Å². The first-order chi connectivity index (χ1) is 10.4. The predicted octanol–water partition coefficient (Wildman–Crippen LogP) is 1.50. The van der Waals surface area contributed by atoms with Gasteiger partial charge in [0.25, 0.3) is 0 Å². The molecule has 1 saturated heterocycles. The fourth-order valence-electron chi connectivity index (χ4n) is 3.30. The molecular formula is C15H19NO5S. The number of para-hydroxylation sites is 1. The highest BCUT2D eigenvalue weighted by molar-refractivity contribution is 7.89. The lowest BCUT2D eigenvalue weighted by molar-refractivity contribution is -0.144. The SMILES string of the molecule is CC1CCCN(S(=O)(=O)c2cccc3c2OCC3)C1C(=O)O. The number of ether oxygens (including phenoxy) is 1. The molecule has 0 radical (unpaired) electrons. The number of carbonyl (C=O) groups is 1. The van der Waals surface area contributed by atoms with E-state index in [0.717, 1.165) is 9.87 Å². The van der Waals surface area contributed by atoms with Crippen molar-refractivity contribution in [2.24, 2.45) is 5.92 Å². The Morgan fingerprint density at radius 1 is 1.41 bits per heavy atom. The highest BCUT2D eigenvalue weighted by Gasteiger charge is 2.43. The van der Waals surface area contributed by atoms with Crippen molar-refractivity contribution in [1.82, 2.24) is 4.31 Å². The van der Waals surface area contributed by atoms with Crippen molar-refractivity contribution in [2.45, 2.75) is 37.1 Å². The molecule has 7 heteroatoms. The zero-order valence-electron chi connectivity index (χ0n) is 12.4. The van der Waals surface area contributed by atoms with Gasteiger partial charge in [0, 0.05) is 13.0 Å². The first kappa shape index (κ1) is 15.3. The van der Waals surface area contributed by atoms with Crippen molar-refractivity contribution in [3.05, 3.63) is 23.8 Å². The zero-order valence-corrected chi connectivity index (χ0v) is 13.2. The number of sulfonamides is 1. The van der Waals surface area contributed by atoms with Crippen LogP contribution in [0.1, 0.15) is 25.3 Å². The van der Waals surface area contributed by atoms with Crippen LogP contribution in [0.2, 0.25) is 0 Å². The number of carboxylic acid groups (broad SMARTS) is 1. The third-order valence-corrected chi connectivity index (χ3v) is 6.31. The molecule has 2 aliphatic rings. The first-order valence-corrected chi connectivity index (χ1v) is 8.86. The average Bonchev–Trinajstić information content (AvgIpc) is 2.94. The van der Waals surface area contributed by atoms with Crippen LogP contribution in [-0.2, 0) is 21.2 Å². The maximum absolute atomic E-state index is 13.0. The Labute approximate surface area is 129 Å². The van der Waals surface area contributed by atoms with Crippen LogP contribution in [0.4, 0.5) is 0 Å². The van der Waals surface area contributed by atoms with E-state index in [1.54, 1.807) is 13.0 Å². The molecule has 0 aliphatic carbocycles. The normalized spacial score (nSPS) is 25.5. The lowest BCUT2D eigenvalue weighted by atomic mass is 9.93. The first-order valence-electron chi connectivity index (χ1n) is 7.42. The zero-order chi connectivity index (χ0) is 15.9. The van der Waals surface area contributed by atoms with Gasteiger partial charge in [0.15, 0.2) is 0 Å². The Kier molecular flexibility index (Phi) is 3.86. The standard InChI is InChI=1S/C15H19NO5S/c1-10-4-3-8-16(13(10)15(17)18)22(19,20)12-6-2-5-11-7-9-21-14(11)12/h2,5-6,10,13H,3-4,7-9H2,1H3,(H,17,18). The molecule has 3 rings (SSSR count). The number of piperidine rings is 1. The summed E-state index contributed by atoms with van der Waals surface area (Å²) in [6, 6.07) is 4.01. The molecule has 2 heterocycles. The van der Waals surface area contributed by atoms with Crippen LogP contribution in [0.5, 0.6) is 5.75 Å². The van der Waals surface area contributed by atoms with E-state index in [2.05, 4.69) is 0 Å². The molecule has 0 saturated carbocycles. The molecule has 2 atom stereocenters. The molecule has 1 fully saturated rings. The summed E-state index contributed by atoms with van der Waals surface area (Å²) < 4.78 is 32.6. The van der Waals surface area contributed by atoms with Crippen LogP contribution in [0.25, 0.3) is 0 Å². The van der Waals surface area contributed by atoms with E-state index >= 15 is 0 Å². The monoisotopic (exact) mass is 325 g/mol. The van der Waals surface area contributed by atoms with Gasteiger partial charge in [-0.05, 0) is 30.4 Å². The molecule has 0 spiro atoms. The van der Waals surface area contributed by atoms with E-state index < -0.39 is 22.0 Å². The summed E-state index contributed by atoms with van der Waals surface area (Å²) in [6.07, 6.45) is 2.06. The minimum atomic E-state index is -3.89. The third kappa shape index (κ3) is 2.38. The minimum Gasteiger partial charge on any atom is -0.492 e. The number of carboxylic acids is 1. The van der Waals surface area contributed by atoms with Crippen molar-refractivity contribution in [3.8, 4) is 5.75 Å². The summed E-state index contributed by atoms with van der Waals surface area (Å²) in [4.78, 5) is 11.6. The number of rotatable bonds is 3. The van der Waals surface area contributed by atoms with E-state index in [1.807, 2.05) is 6.07 Å². The summed E-state index contributed by atoms with van der Waals surface area (Å²) in [7, 11) is -3.89. The van der Waals surface area contributed by atoms with Gasteiger partial charge >= 0.3 is 5.97 Å². The van der Waals surface area contributed by atoms with E-state index in [-0.39, 0.29) is 17.4 Å². The molecule has 1 aromatic rings. The summed E-state index contributed by atoms with van der Waals surface area (Å²) in [5.74, 6) is -0.923. The predicted molar refractivity (Wildman–Crippen MR) is 79.4 cm³/mol. The average molecular weight is 325 g/mol. The number of nitrogens with zero attached hydrogens (tertiary/aromatic N) is 1. The lowest BCUT2D eigenvalue weighted by Crippen LogP contribution is -2.51. The Hall–Kier alpha value is -1.60.